The number of halogens is 4. The molecule has 0 unspecified atom stereocenters. The van der Waals surface area contributed by atoms with Crippen molar-refractivity contribution in [2.24, 2.45) is 0 Å². The molecule has 0 atom stereocenters. The van der Waals surface area contributed by atoms with Crippen molar-refractivity contribution in [3.8, 4) is 11.5 Å². The van der Waals surface area contributed by atoms with Crippen molar-refractivity contribution in [2.45, 2.75) is 25.6 Å². The predicted molar refractivity (Wildman–Crippen MR) is 131 cm³/mol. The van der Waals surface area contributed by atoms with E-state index in [1.807, 2.05) is 0 Å². The summed E-state index contributed by atoms with van der Waals surface area (Å²) in [5.41, 5.74) is 1.15. The van der Waals surface area contributed by atoms with E-state index in [0.29, 0.717) is 22.9 Å². The van der Waals surface area contributed by atoms with Crippen LogP contribution < -0.4 is 26.2 Å². The molecule has 0 aliphatic heterocycles. The number of carbonyl (C=O) groups is 3. The quantitative estimate of drug-likeness (QED) is 0.185. The van der Waals surface area contributed by atoms with Crippen LogP contribution in [0.3, 0.4) is 0 Å². The molecule has 1 heterocycles. The second-order valence-corrected chi connectivity index (χ2v) is 8.10. The maximum Gasteiger partial charge on any atom is 0.417 e. The van der Waals surface area contributed by atoms with Crippen LogP contribution in [-0.4, -0.2) is 28.0 Å². The number of anilines is 2. The molecule has 4 amide bonds. The summed E-state index contributed by atoms with van der Waals surface area (Å²) >= 11 is 5.58. The highest BCUT2D eigenvalue weighted by atomic mass is 35.5. The van der Waals surface area contributed by atoms with Gasteiger partial charge in [-0.3, -0.25) is 19.8 Å². The lowest BCUT2D eigenvalue weighted by Gasteiger charge is -2.13. The zero-order chi connectivity index (χ0) is 27.7. The molecule has 14 heteroatoms. The van der Waals surface area contributed by atoms with Gasteiger partial charge in [-0.15, -0.1) is 0 Å². The van der Waals surface area contributed by atoms with Gasteiger partial charge in [0.1, 0.15) is 11.5 Å². The standard InChI is InChI=1S/C24H21ClF3N5O5/c25-20-6-3-15(12-19(20)24(26,27)28)32-23(36)31-14-1-4-17(5-2-14)38-18-9-10-29-16(11-18)13-30-21(34)7-8-22(35)33-37/h1-6,9-12,37H,7-8,13H2,(H,30,34)(H,33,35)(H2,31,32,36). The lowest BCUT2D eigenvalue weighted by atomic mass is 10.2. The minimum Gasteiger partial charge on any atom is -0.457 e. The highest BCUT2D eigenvalue weighted by Gasteiger charge is 2.33. The molecule has 5 N–H and O–H groups in total. The zero-order valence-corrected chi connectivity index (χ0v) is 20.2. The van der Waals surface area contributed by atoms with Gasteiger partial charge in [0.2, 0.25) is 11.8 Å². The van der Waals surface area contributed by atoms with Crippen molar-refractivity contribution < 1.29 is 37.5 Å². The highest BCUT2D eigenvalue weighted by molar-refractivity contribution is 6.31. The smallest absolute Gasteiger partial charge is 0.417 e. The fraction of sp³-hybridized carbons (Fsp3) is 0.167. The Hall–Kier alpha value is -4.36. The number of nitrogens with one attached hydrogen (secondary N) is 4. The summed E-state index contributed by atoms with van der Waals surface area (Å²) in [5, 5.41) is 15.4. The van der Waals surface area contributed by atoms with E-state index in [-0.39, 0.29) is 25.1 Å². The Balaban J connectivity index is 1.52. The van der Waals surface area contributed by atoms with E-state index < -0.39 is 34.6 Å². The van der Waals surface area contributed by atoms with Crippen LogP contribution in [0.2, 0.25) is 5.02 Å². The molecule has 38 heavy (non-hydrogen) atoms. The summed E-state index contributed by atoms with van der Waals surface area (Å²) in [4.78, 5) is 39.1. The maximum atomic E-state index is 13.0. The molecule has 10 nitrogen and oxygen atoms in total. The molecule has 0 radical (unpaired) electrons. The van der Waals surface area contributed by atoms with E-state index in [1.54, 1.807) is 24.3 Å². The molecule has 0 aliphatic rings. The average Bonchev–Trinajstić information content (AvgIpc) is 2.88. The molecule has 0 aliphatic carbocycles. The summed E-state index contributed by atoms with van der Waals surface area (Å²) < 4.78 is 44.7. The van der Waals surface area contributed by atoms with Gasteiger partial charge in [-0.25, -0.2) is 10.3 Å². The summed E-state index contributed by atoms with van der Waals surface area (Å²) in [6.07, 6.45) is -3.44. The number of hydrogen-bond donors (Lipinski definition) is 5. The van der Waals surface area contributed by atoms with E-state index >= 15 is 0 Å². The van der Waals surface area contributed by atoms with E-state index in [4.69, 9.17) is 21.5 Å². The number of nitrogens with zero attached hydrogens (tertiary/aromatic N) is 1. The predicted octanol–water partition coefficient (Wildman–Crippen LogP) is 5.09. The zero-order valence-electron chi connectivity index (χ0n) is 19.4. The SMILES string of the molecule is O=C(CCC(=O)NCc1cc(Oc2ccc(NC(=O)Nc3ccc(Cl)c(C(F)(F)F)c3)cc2)ccn1)NO. The molecule has 0 saturated heterocycles. The number of aromatic nitrogens is 1. The lowest BCUT2D eigenvalue weighted by Crippen LogP contribution is -2.26. The molecule has 200 valence electrons. The first-order valence-electron chi connectivity index (χ1n) is 10.9. The number of hydroxylamine groups is 1. The van der Waals surface area contributed by atoms with Crippen molar-refractivity contribution in [3.05, 3.63) is 77.1 Å². The van der Waals surface area contributed by atoms with Crippen LogP contribution >= 0.6 is 11.6 Å². The van der Waals surface area contributed by atoms with Crippen LogP contribution in [0.15, 0.2) is 60.8 Å². The number of benzene rings is 2. The van der Waals surface area contributed by atoms with Crippen molar-refractivity contribution in [1.82, 2.24) is 15.8 Å². The number of ether oxygens (including phenoxy) is 1. The Morgan fingerprint density at radius 1 is 0.895 bits per heavy atom. The molecule has 0 spiro atoms. The van der Waals surface area contributed by atoms with E-state index in [2.05, 4.69) is 20.9 Å². The molecular weight excluding hydrogens is 531 g/mol. The van der Waals surface area contributed by atoms with Gasteiger partial charge >= 0.3 is 12.2 Å². The minimum absolute atomic E-state index is 0.0838. The second-order valence-electron chi connectivity index (χ2n) is 7.69. The van der Waals surface area contributed by atoms with Crippen LogP contribution in [0.4, 0.5) is 29.3 Å². The third kappa shape index (κ3) is 8.64. The van der Waals surface area contributed by atoms with E-state index in [9.17, 15) is 27.6 Å². The molecule has 0 saturated carbocycles. The average molecular weight is 552 g/mol. The molecule has 3 aromatic rings. The van der Waals surface area contributed by atoms with Gasteiger partial charge in [-0.05, 0) is 48.5 Å². The third-order valence-corrected chi connectivity index (χ3v) is 5.17. The number of amides is 4. The Bertz CT molecular complexity index is 1310. The molecule has 2 aromatic carbocycles. The number of carbonyl (C=O) groups excluding carboxylic acids is 3. The van der Waals surface area contributed by atoms with Gasteiger partial charge < -0.3 is 20.7 Å². The summed E-state index contributed by atoms with van der Waals surface area (Å²) in [6.45, 7) is 0.0901. The van der Waals surface area contributed by atoms with Crippen LogP contribution in [-0.2, 0) is 22.3 Å². The first-order valence-corrected chi connectivity index (χ1v) is 11.3. The Morgan fingerprint density at radius 3 is 2.24 bits per heavy atom. The van der Waals surface area contributed by atoms with Crippen molar-refractivity contribution >= 4 is 40.8 Å². The fourth-order valence-corrected chi connectivity index (χ4v) is 3.26. The first-order chi connectivity index (χ1) is 18.0. The van der Waals surface area contributed by atoms with E-state index in [1.165, 1.54) is 29.9 Å². The van der Waals surface area contributed by atoms with Gasteiger partial charge in [-0.2, -0.15) is 13.2 Å². The number of alkyl halides is 3. The number of pyridine rings is 1. The van der Waals surface area contributed by atoms with Crippen LogP contribution in [0, 0.1) is 0 Å². The summed E-state index contributed by atoms with van der Waals surface area (Å²) in [7, 11) is 0. The molecule has 1 aromatic heterocycles. The first kappa shape index (κ1) is 28.2. The summed E-state index contributed by atoms with van der Waals surface area (Å²) in [6, 6.07) is 11.7. The highest BCUT2D eigenvalue weighted by Crippen LogP contribution is 2.36. The van der Waals surface area contributed by atoms with Gasteiger partial charge in [0.25, 0.3) is 0 Å². The minimum atomic E-state index is -4.66. The summed E-state index contributed by atoms with van der Waals surface area (Å²) in [5.74, 6) is -0.229. The lowest BCUT2D eigenvalue weighted by molar-refractivity contribution is -0.137. The van der Waals surface area contributed by atoms with Crippen molar-refractivity contribution in [2.75, 3.05) is 10.6 Å². The maximum absolute atomic E-state index is 13.0. The Labute approximate surface area is 219 Å². The third-order valence-electron chi connectivity index (χ3n) is 4.84. The van der Waals surface area contributed by atoms with Crippen molar-refractivity contribution in [1.29, 1.82) is 0 Å². The molecule has 0 bridgehead atoms. The van der Waals surface area contributed by atoms with Gasteiger partial charge in [0, 0.05) is 36.5 Å². The number of hydrogen-bond acceptors (Lipinski definition) is 6. The number of rotatable bonds is 9. The van der Waals surface area contributed by atoms with Crippen LogP contribution in [0.25, 0.3) is 0 Å². The molecular formula is C24H21ClF3N5O5. The fourth-order valence-electron chi connectivity index (χ4n) is 3.03. The topological polar surface area (TPSA) is 142 Å². The van der Waals surface area contributed by atoms with Crippen molar-refractivity contribution in [3.63, 3.8) is 0 Å². The van der Waals surface area contributed by atoms with Gasteiger partial charge in [-0.1, -0.05) is 11.6 Å². The second kappa shape index (κ2) is 12.7. The molecule has 0 fully saturated rings. The molecule has 3 rings (SSSR count). The van der Waals surface area contributed by atoms with Gasteiger partial charge in [0.15, 0.2) is 0 Å². The van der Waals surface area contributed by atoms with E-state index in [0.717, 1.165) is 12.1 Å². The normalized spacial score (nSPS) is 10.9. The van der Waals surface area contributed by atoms with Crippen LogP contribution in [0.1, 0.15) is 24.1 Å². The Kier molecular flexibility index (Phi) is 9.46. The van der Waals surface area contributed by atoms with Gasteiger partial charge in [0.05, 0.1) is 22.8 Å². The Morgan fingerprint density at radius 2 is 1.55 bits per heavy atom. The largest absolute Gasteiger partial charge is 0.457 e. The van der Waals surface area contributed by atoms with Crippen LogP contribution in [0.5, 0.6) is 11.5 Å². The monoisotopic (exact) mass is 551 g/mol. The number of urea groups is 1.